The van der Waals surface area contributed by atoms with Gasteiger partial charge in [-0.25, -0.2) is 0 Å². The second kappa shape index (κ2) is 6.51. The SMILES string of the molecule is N=C(N)c1cc(CN2CCC(N3CCOCC3)C2)ccn1. The molecular weight excluding hydrogens is 266 g/mol. The van der Waals surface area contributed by atoms with Crippen LogP contribution in [0.4, 0.5) is 0 Å². The molecule has 2 saturated heterocycles. The highest BCUT2D eigenvalue weighted by Crippen LogP contribution is 2.19. The van der Waals surface area contributed by atoms with Crippen molar-refractivity contribution in [2.24, 2.45) is 5.73 Å². The van der Waals surface area contributed by atoms with Gasteiger partial charge in [0, 0.05) is 45.0 Å². The molecule has 3 heterocycles. The molecule has 0 amide bonds. The summed E-state index contributed by atoms with van der Waals surface area (Å²) < 4.78 is 5.42. The molecule has 0 spiro atoms. The van der Waals surface area contributed by atoms with Crippen molar-refractivity contribution in [1.82, 2.24) is 14.8 Å². The number of amidine groups is 1. The molecule has 1 atom stereocenters. The Morgan fingerprint density at radius 3 is 2.95 bits per heavy atom. The number of pyridine rings is 1. The smallest absolute Gasteiger partial charge is 0.141 e. The van der Waals surface area contributed by atoms with Crippen molar-refractivity contribution in [3.05, 3.63) is 29.6 Å². The van der Waals surface area contributed by atoms with Gasteiger partial charge in [-0.1, -0.05) is 0 Å². The molecule has 2 aliphatic heterocycles. The van der Waals surface area contributed by atoms with E-state index >= 15 is 0 Å². The van der Waals surface area contributed by atoms with Crippen LogP contribution in [0, 0.1) is 5.41 Å². The highest BCUT2D eigenvalue weighted by atomic mass is 16.5. The van der Waals surface area contributed by atoms with Crippen LogP contribution in [0.3, 0.4) is 0 Å². The maximum absolute atomic E-state index is 7.47. The standard InChI is InChI=1S/C15H23N5O/c16-15(17)14-9-12(1-3-18-14)10-19-4-2-13(11-19)20-5-7-21-8-6-20/h1,3,9,13H,2,4-8,10-11H2,(H3,16,17). The molecular formula is C15H23N5O. The zero-order valence-corrected chi connectivity index (χ0v) is 12.3. The van der Waals surface area contributed by atoms with Crippen molar-refractivity contribution < 1.29 is 4.74 Å². The van der Waals surface area contributed by atoms with Crippen molar-refractivity contribution in [2.45, 2.75) is 19.0 Å². The Hall–Kier alpha value is -1.50. The van der Waals surface area contributed by atoms with E-state index in [-0.39, 0.29) is 5.84 Å². The van der Waals surface area contributed by atoms with Gasteiger partial charge in [-0.3, -0.25) is 20.2 Å². The molecule has 6 heteroatoms. The first-order chi connectivity index (χ1) is 10.2. The number of nitrogens with one attached hydrogen (secondary N) is 1. The van der Waals surface area contributed by atoms with Crippen LogP contribution in [0.25, 0.3) is 0 Å². The fourth-order valence-electron chi connectivity index (χ4n) is 3.17. The predicted molar refractivity (Wildman–Crippen MR) is 81.3 cm³/mol. The van der Waals surface area contributed by atoms with Gasteiger partial charge in [-0.2, -0.15) is 0 Å². The average Bonchev–Trinajstić information content (AvgIpc) is 2.97. The van der Waals surface area contributed by atoms with E-state index in [0.717, 1.165) is 45.9 Å². The fourth-order valence-corrected chi connectivity index (χ4v) is 3.17. The molecule has 0 aliphatic carbocycles. The summed E-state index contributed by atoms with van der Waals surface area (Å²) in [6.45, 7) is 6.98. The lowest BCUT2D eigenvalue weighted by Crippen LogP contribution is -2.44. The zero-order chi connectivity index (χ0) is 14.7. The zero-order valence-electron chi connectivity index (χ0n) is 12.3. The molecule has 1 unspecified atom stereocenters. The monoisotopic (exact) mass is 289 g/mol. The number of likely N-dealkylation sites (tertiary alicyclic amines) is 1. The van der Waals surface area contributed by atoms with Gasteiger partial charge in [0.15, 0.2) is 0 Å². The number of nitrogens with two attached hydrogens (primary N) is 1. The summed E-state index contributed by atoms with van der Waals surface area (Å²) in [6, 6.07) is 4.59. The Morgan fingerprint density at radius 1 is 1.38 bits per heavy atom. The second-order valence-electron chi connectivity index (χ2n) is 5.79. The molecule has 3 N–H and O–H groups in total. The van der Waals surface area contributed by atoms with Gasteiger partial charge in [0.1, 0.15) is 11.5 Å². The van der Waals surface area contributed by atoms with Gasteiger partial charge in [0.05, 0.1) is 13.2 Å². The third-order valence-corrected chi connectivity index (χ3v) is 4.32. The highest BCUT2D eigenvalue weighted by molar-refractivity contribution is 5.93. The molecule has 114 valence electrons. The van der Waals surface area contributed by atoms with Crippen LogP contribution in [0.2, 0.25) is 0 Å². The van der Waals surface area contributed by atoms with Gasteiger partial charge >= 0.3 is 0 Å². The van der Waals surface area contributed by atoms with E-state index in [0.29, 0.717) is 11.7 Å². The van der Waals surface area contributed by atoms with E-state index in [2.05, 4.69) is 14.8 Å². The molecule has 2 aliphatic rings. The lowest BCUT2D eigenvalue weighted by atomic mass is 10.2. The van der Waals surface area contributed by atoms with Gasteiger partial charge in [0.2, 0.25) is 0 Å². The van der Waals surface area contributed by atoms with E-state index in [1.165, 1.54) is 12.0 Å². The maximum atomic E-state index is 7.47. The molecule has 0 bridgehead atoms. The Balaban J connectivity index is 1.56. The number of nitrogens with zero attached hydrogens (tertiary/aromatic N) is 3. The summed E-state index contributed by atoms with van der Waals surface area (Å²) in [6.07, 6.45) is 2.96. The number of hydrogen-bond donors (Lipinski definition) is 2. The highest BCUT2D eigenvalue weighted by Gasteiger charge is 2.28. The van der Waals surface area contributed by atoms with Crippen LogP contribution < -0.4 is 5.73 Å². The fraction of sp³-hybridized carbons (Fsp3) is 0.600. The lowest BCUT2D eigenvalue weighted by Gasteiger charge is -2.32. The van der Waals surface area contributed by atoms with Gasteiger partial charge in [-0.05, 0) is 24.1 Å². The minimum absolute atomic E-state index is 0.0319. The summed E-state index contributed by atoms with van der Waals surface area (Å²) >= 11 is 0. The predicted octanol–water partition coefficient (Wildman–Crippen LogP) is 0.272. The average molecular weight is 289 g/mol. The maximum Gasteiger partial charge on any atom is 0.141 e. The summed E-state index contributed by atoms with van der Waals surface area (Å²) in [4.78, 5) is 9.14. The van der Waals surface area contributed by atoms with Crippen LogP contribution in [-0.2, 0) is 11.3 Å². The van der Waals surface area contributed by atoms with Gasteiger partial charge < -0.3 is 10.5 Å². The Labute approximate surface area is 125 Å². The largest absolute Gasteiger partial charge is 0.382 e. The lowest BCUT2D eigenvalue weighted by molar-refractivity contribution is 0.0184. The van der Waals surface area contributed by atoms with Crippen molar-refractivity contribution in [1.29, 1.82) is 5.41 Å². The second-order valence-corrected chi connectivity index (χ2v) is 5.79. The van der Waals surface area contributed by atoms with Crippen molar-refractivity contribution in [3.8, 4) is 0 Å². The number of hydrogen-bond acceptors (Lipinski definition) is 5. The van der Waals surface area contributed by atoms with Crippen molar-refractivity contribution in [2.75, 3.05) is 39.4 Å². The first-order valence-corrected chi connectivity index (χ1v) is 7.56. The van der Waals surface area contributed by atoms with Crippen LogP contribution in [-0.4, -0.2) is 66.1 Å². The number of nitrogen functional groups attached to an aromatic ring is 1. The first kappa shape index (κ1) is 14.4. The normalized spacial score (nSPS) is 24.3. The Morgan fingerprint density at radius 2 is 2.19 bits per heavy atom. The van der Waals surface area contributed by atoms with Crippen LogP contribution in [0.1, 0.15) is 17.7 Å². The minimum Gasteiger partial charge on any atom is -0.382 e. The topological polar surface area (TPSA) is 78.5 Å². The van der Waals surface area contributed by atoms with E-state index in [1.807, 2.05) is 12.1 Å². The molecule has 2 fully saturated rings. The number of ether oxygens (including phenoxy) is 1. The summed E-state index contributed by atoms with van der Waals surface area (Å²) in [5.41, 5.74) is 7.24. The molecule has 1 aromatic heterocycles. The van der Waals surface area contributed by atoms with Crippen LogP contribution in [0.15, 0.2) is 18.3 Å². The van der Waals surface area contributed by atoms with E-state index in [4.69, 9.17) is 15.9 Å². The number of aromatic nitrogens is 1. The molecule has 21 heavy (non-hydrogen) atoms. The van der Waals surface area contributed by atoms with Crippen LogP contribution >= 0.6 is 0 Å². The quantitative estimate of drug-likeness (QED) is 0.614. The van der Waals surface area contributed by atoms with Gasteiger partial charge in [0.25, 0.3) is 0 Å². The molecule has 0 aromatic carbocycles. The Kier molecular flexibility index (Phi) is 4.48. The molecule has 0 radical (unpaired) electrons. The van der Waals surface area contributed by atoms with Crippen molar-refractivity contribution >= 4 is 5.84 Å². The van der Waals surface area contributed by atoms with E-state index in [9.17, 15) is 0 Å². The number of rotatable bonds is 4. The minimum atomic E-state index is 0.0319. The van der Waals surface area contributed by atoms with Crippen LogP contribution in [0.5, 0.6) is 0 Å². The molecule has 1 aromatic rings. The first-order valence-electron chi connectivity index (χ1n) is 7.56. The van der Waals surface area contributed by atoms with Crippen molar-refractivity contribution in [3.63, 3.8) is 0 Å². The Bertz CT molecular complexity index is 501. The summed E-state index contributed by atoms with van der Waals surface area (Å²) in [5.74, 6) is 0.0319. The third-order valence-electron chi connectivity index (χ3n) is 4.32. The number of morpholine rings is 1. The van der Waals surface area contributed by atoms with E-state index in [1.54, 1.807) is 6.20 Å². The van der Waals surface area contributed by atoms with Gasteiger partial charge in [-0.15, -0.1) is 0 Å². The molecule has 0 saturated carbocycles. The summed E-state index contributed by atoms with van der Waals surface area (Å²) in [7, 11) is 0. The molecule has 3 rings (SSSR count). The van der Waals surface area contributed by atoms with E-state index < -0.39 is 0 Å². The summed E-state index contributed by atoms with van der Waals surface area (Å²) in [5, 5.41) is 7.47. The third kappa shape index (κ3) is 3.58. The molecule has 6 nitrogen and oxygen atoms in total.